The van der Waals surface area contributed by atoms with Crippen molar-refractivity contribution in [2.24, 2.45) is 0 Å². The molecule has 2 rings (SSSR count). The highest BCUT2D eigenvalue weighted by molar-refractivity contribution is 9.11. The van der Waals surface area contributed by atoms with E-state index in [0.717, 1.165) is 18.0 Å². The van der Waals surface area contributed by atoms with Gasteiger partial charge in [0.05, 0.1) is 3.79 Å². The lowest BCUT2D eigenvalue weighted by Crippen LogP contribution is -2.22. The maximum atomic E-state index is 5.93. The minimum Gasteiger partial charge on any atom is -0.309 e. The van der Waals surface area contributed by atoms with E-state index in [1.165, 1.54) is 19.8 Å². The molecular weight excluding hydrogens is 342 g/mol. The van der Waals surface area contributed by atoms with Crippen LogP contribution in [0.4, 0.5) is 0 Å². The predicted octanol–water partition coefficient (Wildman–Crippen LogP) is 5.37. The molecule has 1 nitrogen and oxygen atoms in total. The molecule has 1 aromatic heterocycles. The summed E-state index contributed by atoms with van der Waals surface area (Å²) in [4.78, 5) is 1.38. The Hall–Kier alpha value is -0.350. The second-order valence-electron chi connectivity index (χ2n) is 4.55. The molecule has 0 aliphatic heterocycles. The first-order valence-corrected chi connectivity index (χ1v) is 8.32. The molecule has 0 aliphatic carbocycles. The molecule has 0 saturated carbocycles. The van der Waals surface area contributed by atoms with Crippen LogP contribution in [0.25, 0.3) is 0 Å². The van der Waals surface area contributed by atoms with Gasteiger partial charge in [-0.25, -0.2) is 0 Å². The van der Waals surface area contributed by atoms with Gasteiger partial charge in [0.25, 0.3) is 0 Å². The van der Waals surface area contributed by atoms with E-state index in [1.54, 1.807) is 0 Å². The van der Waals surface area contributed by atoms with Crippen molar-refractivity contribution in [2.45, 2.75) is 26.3 Å². The number of hydrogen-bond donors (Lipinski definition) is 1. The number of benzene rings is 1. The first-order chi connectivity index (χ1) is 9.10. The van der Waals surface area contributed by atoms with Gasteiger partial charge in [-0.15, -0.1) is 11.3 Å². The Bertz CT molecular complexity index is 516. The summed E-state index contributed by atoms with van der Waals surface area (Å²) in [6, 6.07) is 10.7. The SMILES string of the molecule is CCNC(Cc1ccc(Cl)cc1)c1cc(C)c(Br)s1. The molecule has 0 amide bonds. The number of aryl methyl sites for hydroxylation is 1. The topological polar surface area (TPSA) is 12.0 Å². The summed E-state index contributed by atoms with van der Waals surface area (Å²) in [5.41, 5.74) is 2.61. The van der Waals surface area contributed by atoms with Crippen molar-refractivity contribution in [3.8, 4) is 0 Å². The monoisotopic (exact) mass is 357 g/mol. The Morgan fingerprint density at radius 3 is 2.53 bits per heavy atom. The van der Waals surface area contributed by atoms with E-state index in [1.807, 2.05) is 23.5 Å². The standard InChI is InChI=1S/C15H17BrClNS/c1-3-18-13(14-8-10(2)15(16)19-14)9-11-4-6-12(17)7-5-11/h4-8,13,18H,3,9H2,1-2H3. The summed E-state index contributed by atoms with van der Waals surface area (Å²) < 4.78 is 1.22. The average Bonchev–Trinajstić information content (AvgIpc) is 2.72. The van der Waals surface area contributed by atoms with E-state index in [0.29, 0.717) is 6.04 Å². The maximum Gasteiger partial charge on any atom is 0.0731 e. The zero-order chi connectivity index (χ0) is 13.8. The summed E-state index contributed by atoms with van der Waals surface area (Å²) in [6.07, 6.45) is 0.984. The van der Waals surface area contributed by atoms with Crippen LogP contribution < -0.4 is 5.32 Å². The highest BCUT2D eigenvalue weighted by Crippen LogP contribution is 2.32. The van der Waals surface area contributed by atoms with E-state index in [-0.39, 0.29) is 0 Å². The molecule has 19 heavy (non-hydrogen) atoms. The van der Waals surface area contributed by atoms with E-state index in [4.69, 9.17) is 11.6 Å². The zero-order valence-corrected chi connectivity index (χ0v) is 14.2. The van der Waals surface area contributed by atoms with Crippen LogP contribution in [0.3, 0.4) is 0 Å². The molecule has 4 heteroatoms. The van der Waals surface area contributed by atoms with Crippen LogP contribution in [0.5, 0.6) is 0 Å². The fourth-order valence-corrected chi connectivity index (χ4v) is 3.80. The second kappa shape index (κ2) is 6.89. The molecule has 1 N–H and O–H groups in total. The van der Waals surface area contributed by atoms with E-state index < -0.39 is 0 Å². The minimum absolute atomic E-state index is 0.362. The van der Waals surface area contributed by atoms with Gasteiger partial charge in [-0.2, -0.15) is 0 Å². The predicted molar refractivity (Wildman–Crippen MR) is 88.3 cm³/mol. The third-order valence-corrected chi connectivity index (χ3v) is 5.53. The van der Waals surface area contributed by atoms with Gasteiger partial charge < -0.3 is 5.32 Å². The number of rotatable bonds is 5. The van der Waals surface area contributed by atoms with E-state index >= 15 is 0 Å². The van der Waals surface area contributed by atoms with Crippen molar-refractivity contribution in [3.05, 3.63) is 55.1 Å². The minimum atomic E-state index is 0.362. The molecule has 0 saturated heterocycles. The Kier molecular flexibility index (Phi) is 5.46. The lowest BCUT2D eigenvalue weighted by atomic mass is 10.0. The average molecular weight is 359 g/mol. The quantitative estimate of drug-likeness (QED) is 0.758. The Balaban J connectivity index is 2.18. The maximum absolute atomic E-state index is 5.93. The normalized spacial score (nSPS) is 12.6. The summed E-state index contributed by atoms with van der Waals surface area (Å²) >= 11 is 11.3. The van der Waals surface area contributed by atoms with Crippen LogP contribution in [-0.4, -0.2) is 6.54 Å². The molecule has 0 spiro atoms. The highest BCUT2D eigenvalue weighted by atomic mass is 79.9. The molecule has 0 bridgehead atoms. The Morgan fingerprint density at radius 2 is 2.00 bits per heavy atom. The zero-order valence-electron chi connectivity index (χ0n) is 11.0. The Labute approximate surface area is 132 Å². The molecular formula is C15H17BrClNS. The number of hydrogen-bond acceptors (Lipinski definition) is 2. The summed E-state index contributed by atoms with van der Waals surface area (Å²) in [5, 5.41) is 4.35. The number of likely N-dealkylation sites (N-methyl/N-ethyl adjacent to an activating group) is 1. The molecule has 1 atom stereocenters. The summed E-state index contributed by atoms with van der Waals surface area (Å²) in [5.74, 6) is 0. The largest absolute Gasteiger partial charge is 0.309 e. The van der Waals surface area contributed by atoms with Gasteiger partial charge in [0.1, 0.15) is 0 Å². The van der Waals surface area contributed by atoms with Gasteiger partial charge in [0.15, 0.2) is 0 Å². The highest BCUT2D eigenvalue weighted by Gasteiger charge is 2.15. The van der Waals surface area contributed by atoms with Crippen LogP contribution in [0.1, 0.15) is 29.0 Å². The van der Waals surface area contributed by atoms with Crippen LogP contribution in [0, 0.1) is 6.92 Å². The van der Waals surface area contributed by atoms with Gasteiger partial charge >= 0.3 is 0 Å². The second-order valence-corrected chi connectivity index (χ2v) is 7.38. The number of halogens is 2. The molecule has 0 aliphatic rings. The first-order valence-electron chi connectivity index (χ1n) is 6.33. The smallest absolute Gasteiger partial charge is 0.0731 e. The third kappa shape index (κ3) is 4.06. The van der Waals surface area contributed by atoms with Crippen molar-refractivity contribution in [1.82, 2.24) is 5.32 Å². The van der Waals surface area contributed by atoms with Crippen LogP contribution in [-0.2, 0) is 6.42 Å². The molecule has 2 aromatic rings. The van der Waals surface area contributed by atoms with E-state index in [2.05, 4.69) is 53.3 Å². The van der Waals surface area contributed by atoms with Crippen LogP contribution in [0.2, 0.25) is 5.02 Å². The van der Waals surface area contributed by atoms with Crippen LogP contribution in [0.15, 0.2) is 34.1 Å². The molecule has 1 aromatic carbocycles. The molecule has 0 fully saturated rings. The van der Waals surface area contributed by atoms with E-state index in [9.17, 15) is 0 Å². The lowest BCUT2D eigenvalue weighted by molar-refractivity contribution is 0.558. The van der Waals surface area contributed by atoms with Crippen LogP contribution >= 0.6 is 38.9 Å². The Morgan fingerprint density at radius 1 is 1.32 bits per heavy atom. The summed E-state index contributed by atoms with van der Waals surface area (Å²) in [7, 11) is 0. The van der Waals surface area contributed by atoms with Crippen molar-refractivity contribution < 1.29 is 0 Å². The van der Waals surface area contributed by atoms with Gasteiger partial charge in [0.2, 0.25) is 0 Å². The molecule has 102 valence electrons. The van der Waals surface area contributed by atoms with Crippen molar-refractivity contribution in [2.75, 3.05) is 6.54 Å². The van der Waals surface area contributed by atoms with Crippen molar-refractivity contribution >= 4 is 38.9 Å². The van der Waals surface area contributed by atoms with Crippen molar-refractivity contribution in [3.63, 3.8) is 0 Å². The van der Waals surface area contributed by atoms with Gasteiger partial charge in [-0.1, -0.05) is 30.7 Å². The number of nitrogens with one attached hydrogen (secondary N) is 1. The lowest BCUT2D eigenvalue weighted by Gasteiger charge is -2.16. The van der Waals surface area contributed by atoms with Crippen molar-refractivity contribution in [1.29, 1.82) is 0 Å². The molecule has 1 heterocycles. The fraction of sp³-hybridized carbons (Fsp3) is 0.333. The molecule has 0 radical (unpaired) electrons. The fourth-order valence-electron chi connectivity index (χ4n) is 2.03. The first kappa shape index (κ1) is 15.0. The van der Waals surface area contributed by atoms with Gasteiger partial charge in [-0.3, -0.25) is 0 Å². The van der Waals surface area contributed by atoms with Gasteiger partial charge in [0, 0.05) is 15.9 Å². The summed E-state index contributed by atoms with van der Waals surface area (Å²) in [6.45, 7) is 5.24. The molecule has 1 unspecified atom stereocenters. The number of thiophene rings is 1. The van der Waals surface area contributed by atoms with Gasteiger partial charge in [-0.05, 0) is 65.1 Å². The third-order valence-electron chi connectivity index (χ3n) is 3.02.